The highest BCUT2D eigenvalue weighted by atomic mass is 35.5. The topological polar surface area (TPSA) is 93.7 Å². The van der Waals surface area contributed by atoms with E-state index in [2.05, 4.69) is 10.6 Å². The Balaban J connectivity index is 1.73. The maximum atomic E-state index is 12.6. The Bertz CT molecular complexity index is 962. The van der Waals surface area contributed by atoms with Gasteiger partial charge in [0, 0.05) is 9.77 Å². The van der Waals surface area contributed by atoms with Crippen LogP contribution in [0.5, 0.6) is 0 Å². The third-order valence-electron chi connectivity index (χ3n) is 4.04. The quantitative estimate of drug-likeness (QED) is 0.452. The average Bonchev–Trinajstić information content (AvgIpc) is 3.26. The average molecular weight is 467 g/mol. The number of hydrogen-bond donors (Lipinski definition) is 2. The molecule has 1 atom stereocenters. The van der Waals surface area contributed by atoms with Gasteiger partial charge in [-0.05, 0) is 30.5 Å². The van der Waals surface area contributed by atoms with Crippen LogP contribution >= 0.6 is 34.7 Å². The first-order valence-electron chi connectivity index (χ1n) is 9.03. The molecule has 3 rings (SSSR count). The highest BCUT2D eigenvalue weighted by molar-refractivity contribution is 8.00. The molecule has 0 aliphatic carbocycles. The SMILES string of the molecule is CCOC(=O)C1=C(COC(=O)CSc2ccccc2Cl)NC(=O)NC1c1cccs1. The van der Waals surface area contributed by atoms with Crippen molar-refractivity contribution in [3.8, 4) is 0 Å². The van der Waals surface area contributed by atoms with Gasteiger partial charge >= 0.3 is 18.0 Å². The second-order valence-electron chi connectivity index (χ2n) is 6.04. The van der Waals surface area contributed by atoms with Crippen molar-refractivity contribution >= 4 is 52.7 Å². The number of nitrogens with one attached hydrogen (secondary N) is 2. The zero-order valence-corrected chi connectivity index (χ0v) is 18.4. The predicted octanol–water partition coefficient (Wildman–Crippen LogP) is 3.91. The number of benzene rings is 1. The lowest BCUT2D eigenvalue weighted by atomic mass is 10.0. The Morgan fingerprint density at radius 3 is 2.70 bits per heavy atom. The first kappa shape index (κ1) is 22.2. The number of esters is 2. The first-order chi connectivity index (χ1) is 14.5. The van der Waals surface area contributed by atoms with E-state index in [9.17, 15) is 14.4 Å². The Morgan fingerprint density at radius 1 is 1.20 bits per heavy atom. The third-order valence-corrected chi connectivity index (χ3v) is 6.46. The number of rotatable bonds is 8. The fraction of sp³-hybridized carbons (Fsp3) is 0.250. The van der Waals surface area contributed by atoms with Gasteiger partial charge in [-0.25, -0.2) is 9.59 Å². The molecule has 2 N–H and O–H groups in total. The summed E-state index contributed by atoms with van der Waals surface area (Å²) in [5.41, 5.74) is 0.414. The molecule has 30 heavy (non-hydrogen) atoms. The molecule has 2 amide bonds. The monoisotopic (exact) mass is 466 g/mol. The molecule has 1 aromatic carbocycles. The molecule has 2 heterocycles. The van der Waals surface area contributed by atoms with Gasteiger partial charge in [-0.2, -0.15) is 0 Å². The first-order valence-corrected chi connectivity index (χ1v) is 11.3. The van der Waals surface area contributed by atoms with Gasteiger partial charge in [-0.1, -0.05) is 29.8 Å². The van der Waals surface area contributed by atoms with E-state index < -0.39 is 24.0 Å². The van der Waals surface area contributed by atoms with Gasteiger partial charge in [-0.3, -0.25) is 4.79 Å². The van der Waals surface area contributed by atoms with Crippen LogP contribution in [0.3, 0.4) is 0 Å². The van der Waals surface area contributed by atoms with Crippen molar-refractivity contribution in [2.24, 2.45) is 0 Å². The molecule has 1 aromatic heterocycles. The number of carbonyl (C=O) groups is 3. The highest BCUT2D eigenvalue weighted by Crippen LogP contribution is 2.31. The summed E-state index contributed by atoms with van der Waals surface area (Å²) in [6.07, 6.45) is 0. The third kappa shape index (κ3) is 5.56. The molecular weight excluding hydrogens is 448 g/mol. The van der Waals surface area contributed by atoms with Crippen molar-refractivity contribution in [2.75, 3.05) is 19.0 Å². The van der Waals surface area contributed by atoms with E-state index in [0.29, 0.717) is 5.02 Å². The van der Waals surface area contributed by atoms with Crippen LogP contribution in [0.2, 0.25) is 5.02 Å². The van der Waals surface area contributed by atoms with E-state index in [1.54, 1.807) is 25.1 Å². The van der Waals surface area contributed by atoms with Crippen molar-refractivity contribution in [1.82, 2.24) is 10.6 Å². The molecule has 1 aliphatic heterocycles. The van der Waals surface area contributed by atoms with Crippen LogP contribution in [0.25, 0.3) is 0 Å². The summed E-state index contributed by atoms with van der Waals surface area (Å²) in [6.45, 7) is 1.61. The van der Waals surface area contributed by atoms with Gasteiger partial charge in [-0.15, -0.1) is 23.1 Å². The Labute approximate surface area is 186 Å². The molecule has 0 spiro atoms. The molecular formula is C20H19ClN2O5S2. The number of amides is 2. The van der Waals surface area contributed by atoms with Crippen molar-refractivity contribution in [2.45, 2.75) is 17.9 Å². The summed E-state index contributed by atoms with van der Waals surface area (Å²) in [4.78, 5) is 38.5. The molecule has 0 saturated heterocycles. The fourth-order valence-electron chi connectivity index (χ4n) is 2.74. The summed E-state index contributed by atoms with van der Waals surface area (Å²) >= 11 is 8.73. The van der Waals surface area contributed by atoms with E-state index in [0.717, 1.165) is 9.77 Å². The van der Waals surface area contributed by atoms with Gasteiger partial charge in [0.25, 0.3) is 0 Å². The van der Waals surface area contributed by atoms with E-state index in [-0.39, 0.29) is 30.2 Å². The van der Waals surface area contributed by atoms with Crippen molar-refractivity contribution < 1.29 is 23.9 Å². The number of ether oxygens (including phenoxy) is 2. The largest absolute Gasteiger partial charge is 0.463 e. The van der Waals surface area contributed by atoms with Crippen LogP contribution in [0.1, 0.15) is 17.8 Å². The molecule has 1 unspecified atom stereocenters. The fourth-order valence-corrected chi connectivity index (χ4v) is 4.56. The smallest absolute Gasteiger partial charge is 0.338 e. The van der Waals surface area contributed by atoms with Crippen LogP contribution in [0.4, 0.5) is 4.79 Å². The number of thioether (sulfide) groups is 1. The summed E-state index contributed by atoms with van der Waals surface area (Å²) in [5, 5.41) is 7.68. The molecule has 0 saturated carbocycles. The van der Waals surface area contributed by atoms with Gasteiger partial charge < -0.3 is 20.1 Å². The van der Waals surface area contributed by atoms with Crippen LogP contribution in [0.15, 0.2) is 57.9 Å². The van der Waals surface area contributed by atoms with E-state index in [1.807, 2.05) is 23.6 Å². The normalized spacial score (nSPS) is 15.9. The van der Waals surface area contributed by atoms with E-state index in [1.165, 1.54) is 23.1 Å². The summed E-state index contributed by atoms with van der Waals surface area (Å²) in [5.74, 6) is -1.05. The molecule has 7 nitrogen and oxygen atoms in total. The van der Waals surface area contributed by atoms with Crippen LogP contribution in [-0.4, -0.2) is 36.9 Å². The van der Waals surface area contributed by atoms with Crippen LogP contribution in [0, 0.1) is 0 Å². The lowest BCUT2D eigenvalue weighted by molar-refractivity contribution is -0.141. The number of thiophene rings is 1. The minimum absolute atomic E-state index is 0.0340. The minimum Gasteiger partial charge on any atom is -0.463 e. The van der Waals surface area contributed by atoms with E-state index >= 15 is 0 Å². The van der Waals surface area contributed by atoms with Crippen LogP contribution in [-0.2, 0) is 19.1 Å². The molecule has 10 heteroatoms. The van der Waals surface area contributed by atoms with E-state index in [4.69, 9.17) is 21.1 Å². The predicted molar refractivity (Wildman–Crippen MR) is 116 cm³/mol. The zero-order valence-electron chi connectivity index (χ0n) is 16.0. The van der Waals surface area contributed by atoms with Gasteiger partial charge in [0.15, 0.2) is 0 Å². The lowest BCUT2D eigenvalue weighted by Gasteiger charge is -2.28. The molecule has 0 bridgehead atoms. The maximum absolute atomic E-state index is 12.6. The molecule has 158 valence electrons. The Morgan fingerprint density at radius 2 is 2.00 bits per heavy atom. The maximum Gasteiger partial charge on any atom is 0.338 e. The van der Waals surface area contributed by atoms with Crippen LogP contribution < -0.4 is 10.6 Å². The molecule has 1 aliphatic rings. The summed E-state index contributed by atoms with van der Waals surface area (Å²) < 4.78 is 10.5. The number of carbonyl (C=O) groups excluding carboxylic acids is 3. The number of halogens is 1. The molecule has 0 fully saturated rings. The second-order valence-corrected chi connectivity index (χ2v) is 8.44. The van der Waals surface area contributed by atoms with Crippen molar-refractivity contribution in [3.05, 3.63) is 62.9 Å². The molecule has 0 radical (unpaired) electrons. The van der Waals surface area contributed by atoms with Crippen molar-refractivity contribution in [1.29, 1.82) is 0 Å². The second kappa shape index (κ2) is 10.5. The minimum atomic E-state index is -0.677. The number of hydrogen-bond acceptors (Lipinski definition) is 7. The van der Waals surface area contributed by atoms with Gasteiger partial charge in [0.05, 0.1) is 34.7 Å². The molecule has 2 aromatic rings. The van der Waals surface area contributed by atoms with Crippen molar-refractivity contribution in [3.63, 3.8) is 0 Å². The van der Waals surface area contributed by atoms with Gasteiger partial charge in [0.1, 0.15) is 6.61 Å². The highest BCUT2D eigenvalue weighted by Gasteiger charge is 2.34. The summed E-state index contributed by atoms with van der Waals surface area (Å²) in [7, 11) is 0. The Hall–Kier alpha value is -2.49. The number of urea groups is 1. The van der Waals surface area contributed by atoms with Gasteiger partial charge in [0.2, 0.25) is 0 Å². The Kier molecular flexibility index (Phi) is 7.78. The standard InChI is InChI=1S/C20H19ClN2O5S2/c1-2-27-19(25)17-13(22-20(26)23-18(17)15-8-5-9-29-15)10-28-16(24)11-30-14-7-4-3-6-12(14)21/h3-9,18H,2,10-11H2,1H3,(H2,22,23,26). The zero-order chi connectivity index (χ0) is 21.5. The summed E-state index contributed by atoms with van der Waals surface area (Å²) in [6, 6.07) is 9.64. The lowest BCUT2D eigenvalue weighted by Crippen LogP contribution is -2.47.